The summed E-state index contributed by atoms with van der Waals surface area (Å²) in [5, 5.41) is 3.49. The van der Waals surface area contributed by atoms with Crippen molar-refractivity contribution >= 4 is 12.4 Å². The largest absolute Gasteiger partial charge is 0.416 e. The molecule has 0 unspecified atom stereocenters. The van der Waals surface area contributed by atoms with E-state index in [2.05, 4.69) is 17.4 Å². The molecule has 1 aliphatic heterocycles. The molecule has 1 aliphatic rings. The molecular weight excluding hydrogens is 323 g/mol. The summed E-state index contributed by atoms with van der Waals surface area (Å²) < 4.78 is 37.7. The Balaban J connectivity index is 0.00000192. The molecule has 0 spiro atoms. The van der Waals surface area contributed by atoms with Gasteiger partial charge < -0.3 is 5.32 Å². The molecule has 1 heterocycles. The predicted molar refractivity (Wildman–Crippen MR) is 88.7 cm³/mol. The number of benzene rings is 2. The van der Waals surface area contributed by atoms with E-state index in [0.29, 0.717) is 6.04 Å². The molecule has 0 bridgehead atoms. The van der Waals surface area contributed by atoms with Gasteiger partial charge in [0.15, 0.2) is 0 Å². The Morgan fingerprint density at radius 2 is 1.39 bits per heavy atom. The summed E-state index contributed by atoms with van der Waals surface area (Å²) in [6.07, 6.45) is -0.687. The summed E-state index contributed by atoms with van der Waals surface area (Å²) in [7, 11) is 0. The third-order valence-corrected chi connectivity index (χ3v) is 4.17. The van der Waals surface area contributed by atoms with Crippen LogP contribution in [-0.2, 0) is 6.18 Å². The van der Waals surface area contributed by atoms with E-state index in [9.17, 15) is 13.2 Å². The maximum atomic E-state index is 12.6. The van der Waals surface area contributed by atoms with Crippen LogP contribution in [0.2, 0.25) is 0 Å². The van der Waals surface area contributed by atoms with Crippen molar-refractivity contribution in [2.24, 2.45) is 0 Å². The first kappa shape index (κ1) is 17.8. The Morgan fingerprint density at radius 3 is 1.87 bits per heavy atom. The Kier molecular flexibility index (Phi) is 5.71. The number of alkyl halides is 3. The minimum absolute atomic E-state index is 0. The Labute approximate surface area is 140 Å². The summed E-state index contributed by atoms with van der Waals surface area (Å²) in [6, 6.07) is 13.8. The van der Waals surface area contributed by atoms with Gasteiger partial charge in [0.1, 0.15) is 0 Å². The van der Waals surface area contributed by atoms with E-state index in [1.165, 1.54) is 30.5 Å². The maximum absolute atomic E-state index is 12.6. The van der Waals surface area contributed by atoms with Crippen LogP contribution < -0.4 is 5.32 Å². The van der Waals surface area contributed by atoms with E-state index in [4.69, 9.17) is 0 Å². The van der Waals surface area contributed by atoms with Crippen molar-refractivity contribution in [3.05, 3.63) is 59.7 Å². The predicted octanol–water partition coefficient (Wildman–Crippen LogP) is 5.61. The summed E-state index contributed by atoms with van der Waals surface area (Å²) in [5.41, 5.74) is 2.37. The SMILES string of the molecule is Cl.FC(F)(F)c1ccc(-c2ccc([C@@H]3CCCCN3)cc2)cc1. The van der Waals surface area contributed by atoms with Gasteiger partial charge in [0.05, 0.1) is 5.56 Å². The molecule has 0 aliphatic carbocycles. The average Bonchev–Trinajstić information content (AvgIpc) is 2.55. The van der Waals surface area contributed by atoms with Crippen LogP contribution in [0.4, 0.5) is 13.2 Å². The highest BCUT2D eigenvalue weighted by Crippen LogP contribution is 2.31. The summed E-state index contributed by atoms with van der Waals surface area (Å²) in [5.74, 6) is 0. The molecular formula is C18H19ClF3N. The summed E-state index contributed by atoms with van der Waals surface area (Å²) in [6.45, 7) is 1.05. The van der Waals surface area contributed by atoms with Crippen LogP contribution in [0.3, 0.4) is 0 Å². The van der Waals surface area contributed by atoms with Gasteiger partial charge in [-0.05, 0) is 48.2 Å². The van der Waals surface area contributed by atoms with Gasteiger partial charge in [-0.1, -0.05) is 42.8 Å². The minimum Gasteiger partial charge on any atom is -0.310 e. The highest BCUT2D eigenvalue weighted by molar-refractivity contribution is 5.85. The number of rotatable bonds is 2. The quantitative estimate of drug-likeness (QED) is 0.748. The van der Waals surface area contributed by atoms with E-state index in [-0.39, 0.29) is 12.4 Å². The highest BCUT2D eigenvalue weighted by atomic mass is 35.5. The van der Waals surface area contributed by atoms with Gasteiger partial charge in [0.25, 0.3) is 0 Å². The second-order valence-corrected chi connectivity index (χ2v) is 5.70. The van der Waals surface area contributed by atoms with E-state index in [0.717, 1.165) is 36.2 Å². The minimum atomic E-state index is -4.28. The molecule has 1 saturated heterocycles. The fourth-order valence-corrected chi connectivity index (χ4v) is 2.90. The highest BCUT2D eigenvalue weighted by Gasteiger charge is 2.29. The lowest BCUT2D eigenvalue weighted by molar-refractivity contribution is -0.137. The van der Waals surface area contributed by atoms with Gasteiger partial charge in [-0.25, -0.2) is 0 Å². The molecule has 1 nitrogen and oxygen atoms in total. The molecule has 0 saturated carbocycles. The lowest BCUT2D eigenvalue weighted by atomic mass is 9.95. The van der Waals surface area contributed by atoms with Crippen molar-refractivity contribution in [1.82, 2.24) is 5.32 Å². The molecule has 0 radical (unpaired) electrons. The number of hydrogen-bond acceptors (Lipinski definition) is 1. The number of halogens is 4. The molecule has 1 N–H and O–H groups in total. The molecule has 2 aromatic rings. The van der Waals surface area contributed by atoms with Gasteiger partial charge in [-0.2, -0.15) is 13.2 Å². The van der Waals surface area contributed by atoms with Gasteiger partial charge >= 0.3 is 6.18 Å². The lowest BCUT2D eigenvalue weighted by Crippen LogP contribution is -2.26. The zero-order valence-electron chi connectivity index (χ0n) is 12.6. The Morgan fingerprint density at radius 1 is 0.826 bits per heavy atom. The van der Waals surface area contributed by atoms with Crippen molar-refractivity contribution in [2.45, 2.75) is 31.5 Å². The zero-order chi connectivity index (χ0) is 15.6. The molecule has 23 heavy (non-hydrogen) atoms. The molecule has 124 valence electrons. The molecule has 5 heteroatoms. The maximum Gasteiger partial charge on any atom is 0.416 e. The molecule has 1 atom stereocenters. The fourth-order valence-electron chi connectivity index (χ4n) is 2.90. The van der Waals surface area contributed by atoms with Gasteiger partial charge in [0, 0.05) is 6.04 Å². The number of piperidine rings is 1. The number of hydrogen-bond donors (Lipinski definition) is 1. The van der Waals surface area contributed by atoms with E-state index in [1.54, 1.807) is 0 Å². The summed E-state index contributed by atoms with van der Waals surface area (Å²) >= 11 is 0. The first-order valence-electron chi connectivity index (χ1n) is 7.55. The molecule has 3 rings (SSSR count). The van der Waals surface area contributed by atoms with Crippen molar-refractivity contribution in [1.29, 1.82) is 0 Å². The third kappa shape index (κ3) is 4.27. The smallest absolute Gasteiger partial charge is 0.310 e. The Bertz CT molecular complexity index is 614. The van der Waals surface area contributed by atoms with Gasteiger partial charge in [0.2, 0.25) is 0 Å². The second kappa shape index (κ2) is 7.37. The van der Waals surface area contributed by atoms with E-state index >= 15 is 0 Å². The Hall–Kier alpha value is -1.52. The average molecular weight is 342 g/mol. The topological polar surface area (TPSA) is 12.0 Å². The van der Waals surface area contributed by atoms with Crippen LogP contribution in [0.15, 0.2) is 48.5 Å². The zero-order valence-corrected chi connectivity index (χ0v) is 13.4. The standard InChI is InChI=1S/C18H18F3N.ClH/c19-18(20,21)16-10-8-14(9-11-16)13-4-6-15(7-5-13)17-3-1-2-12-22-17;/h4-11,17,22H,1-3,12H2;1H/t17-;/m0./s1. The van der Waals surface area contributed by atoms with Crippen LogP contribution >= 0.6 is 12.4 Å². The molecule has 0 amide bonds. The van der Waals surface area contributed by atoms with Crippen LogP contribution in [0.5, 0.6) is 0 Å². The van der Waals surface area contributed by atoms with Gasteiger partial charge in [-0.3, -0.25) is 0 Å². The first-order valence-corrected chi connectivity index (χ1v) is 7.55. The molecule has 0 aromatic heterocycles. The van der Waals surface area contributed by atoms with Crippen molar-refractivity contribution < 1.29 is 13.2 Å². The molecule has 1 fully saturated rings. The van der Waals surface area contributed by atoms with Crippen LogP contribution in [0.1, 0.15) is 36.4 Å². The second-order valence-electron chi connectivity index (χ2n) is 5.70. The summed E-state index contributed by atoms with van der Waals surface area (Å²) in [4.78, 5) is 0. The van der Waals surface area contributed by atoms with Gasteiger partial charge in [-0.15, -0.1) is 12.4 Å². The normalized spacial score (nSPS) is 18.3. The van der Waals surface area contributed by atoms with Crippen molar-refractivity contribution in [3.8, 4) is 11.1 Å². The van der Waals surface area contributed by atoms with Crippen LogP contribution in [-0.4, -0.2) is 6.54 Å². The third-order valence-electron chi connectivity index (χ3n) is 4.17. The van der Waals surface area contributed by atoms with Crippen molar-refractivity contribution in [2.75, 3.05) is 6.54 Å². The van der Waals surface area contributed by atoms with Crippen molar-refractivity contribution in [3.63, 3.8) is 0 Å². The van der Waals surface area contributed by atoms with E-state index < -0.39 is 11.7 Å². The fraction of sp³-hybridized carbons (Fsp3) is 0.333. The van der Waals surface area contributed by atoms with Crippen LogP contribution in [0.25, 0.3) is 11.1 Å². The first-order chi connectivity index (χ1) is 10.5. The lowest BCUT2D eigenvalue weighted by Gasteiger charge is -2.24. The monoisotopic (exact) mass is 341 g/mol. The van der Waals surface area contributed by atoms with Crippen LogP contribution in [0, 0.1) is 0 Å². The molecule has 2 aromatic carbocycles. The number of nitrogens with one attached hydrogen (secondary N) is 1. The van der Waals surface area contributed by atoms with E-state index in [1.807, 2.05) is 12.1 Å².